The number of aromatic amines is 1. The highest BCUT2D eigenvalue weighted by atomic mass is 19.1. The van der Waals surface area contributed by atoms with Crippen LogP contribution in [-0.4, -0.2) is 15.8 Å². The molecule has 0 saturated heterocycles. The van der Waals surface area contributed by atoms with Gasteiger partial charge >= 0.3 is 0 Å². The normalized spacial score (nSPS) is 10.1. The summed E-state index contributed by atoms with van der Waals surface area (Å²) in [6.07, 6.45) is 1.24. The predicted octanol–water partition coefficient (Wildman–Crippen LogP) is 1.67. The van der Waals surface area contributed by atoms with Crippen LogP contribution in [0.5, 0.6) is 0 Å². The van der Waals surface area contributed by atoms with Gasteiger partial charge in [-0.1, -0.05) is 6.07 Å². The van der Waals surface area contributed by atoms with Crippen LogP contribution in [0.2, 0.25) is 0 Å². The Labute approximate surface area is 111 Å². The van der Waals surface area contributed by atoms with Crippen molar-refractivity contribution >= 4 is 17.3 Å². The number of carbonyl (C=O) groups is 1. The van der Waals surface area contributed by atoms with Crippen LogP contribution in [-0.2, 0) is 0 Å². The summed E-state index contributed by atoms with van der Waals surface area (Å²) in [5.74, 6) is -1.75. The number of halogens is 1. The van der Waals surface area contributed by atoms with Gasteiger partial charge < -0.3 is 10.3 Å². The molecule has 0 aliphatic rings. The number of H-pyrrole nitrogens is 1. The molecule has 2 aromatic rings. The fourth-order valence-electron chi connectivity index (χ4n) is 1.56. The lowest BCUT2D eigenvalue weighted by Gasteiger charge is -2.06. The Kier molecular flexibility index (Phi) is 3.56. The Bertz CT molecular complexity index is 741. The van der Waals surface area contributed by atoms with E-state index in [1.165, 1.54) is 12.3 Å². The zero-order chi connectivity index (χ0) is 14.7. The summed E-state index contributed by atoms with van der Waals surface area (Å²) in [5, 5.41) is 12.9. The lowest BCUT2D eigenvalue weighted by Crippen LogP contribution is -2.17. The number of hydrogen-bond donors (Lipinski definition) is 2. The lowest BCUT2D eigenvalue weighted by atomic mass is 10.2. The smallest absolute Gasteiger partial charge is 0.295 e. The Morgan fingerprint density at radius 2 is 2.10 bits per heavy atom. The second-order valence-corrected chi connectivity index (χ2v) is 3.79. The number of hydrogen-bond acceptors (Lipinski definition) is 4. The standard InChI is InChI=1S/C12H8FN3O4/c13-8-2-1-3-9(16(19)20)11(8)15-12(18)7-4-5-14-10(17)6-7/h1-6H,(H,14,17)(H,15,18). The molecule has 0 spiro atoms. The number of nitrogens with one attached hydrogen (secondary N) is 2. The maximum atomic E-state index is 13.6. The van der Waals surface area contributed by atoms with Crippen molar-refractivity contribution in [3.05, 3.63) is 68.4 Å². The van der Waals surface area contributed by atoms with E-state index in [9.17, 15) is 24.1 Å². The Balaban J connectivity index is 2.37. The van der Waals surface area contributed by atoms with Gasteiger partial charge in [-0.25, -0.2) is 4.39 Å². The first-order chi connectivity index (χ1) is 9.49. The van der Waals surface area contributed by atoms with Crippen molar-refractivity contribution in [1.82, 2.24) is 4.98 Å². The molecule has 0 unspecified atom stereocenters. The SMILES string of the molecule is O=C(Nc1c(F)cccc1[N+](=O)[O-])c1cc[nH]c(=O)c1. The number of aromatic nitrogens is 1. The minimum absolute atomic E-state index is 0.0358. The summed E-state index contributed by atoms with van der Waals surface area (Å²) < 4.78 is 13.6. The van der Waals surface area contributed by atoms with E-state index in [1.807, 2.05) is 0 Å². The molecular formula is C12H8FN3O4. The zero-order valence-corrected chi connectivity index (χ0v) is 9.92. The molecule has 102 valence electrons. The molecule has 1 heterocycles. The largest absolute Gasteiger partial charge is 0.329 e. The molecule has 0 radical (unpaired) electrons. The average molecular weight is 277 g/mol. The van der Waals surface area contributed by atoms with Gasteiger partial charge in [0, 0.05) is 23.9 Å². The van der Waals surface area contributed by atoms with E-state index in [2.05, 4.69) is 10.3 Å². The van der Waals surface area contributed by atoms with Crippen molar-refractivity contribution in [2.45, 2.75) is 0 Å². The number of nitro groups is 1. The first-order valence-electron chi connectivity index (χ1n) is 5.42. The van der Waals surface area contributed by atoms with Crippen molar-refractivity contribution < 1.29 is 14.1 Å². The molecule has 2 rings (SSSR count). The number of nitrogens with zero attached hydrogens (tertiary/aromatic N) is 1. The van der Waals surface area contributed by atoms with Gasteiger partial charge in [0.25, 0.3) is 11.6 Å². The highest BCUT2D eigenvalue weighted by Gasteiger charge is 2.20. The van der Waals surface area contributed by atoms with Crippen molar-refractivity contribution in [3.63, 3.8) is 0 Å². The molecule has 0 fully saturated rings. The summed E-state index contributed by atoms with van der Waals surface area (Å²) >= 11 is 0. The van der Waals surface area contributed by atoms with Gasteiger partial charge in [0.05, 0.1) is 4.92 Å². The Morgan fingerprint density at radius 1 is 1.35 bits per heavy atom. The quantitative estimate of drug-likeness (QED) is 0.657. The third kappa shape index (κ3) is 2.69. The number of benzene rings is 1. The molecule has 7 nitrogen and oxygen atoms in total. The summed E-state index contributed by atoms with van der Waals surface area (Å²) in [6, 6.07) is 5.51. The van der Waals surface area contributed by atoms with Crippen molar-refractivity contribution in [2.24, 2.45) is 0 Å². The highest BCUT2D eigenvalue weighted by molar-refractivity contribution is 6.05. The van der Waals surface area contributed by atoms with Gasteiger partial charge in [-0.2, -0.15) is 0 Å². The van der Waals surface area contributed by atoms with Gasteiger partial charge in [0.1, 0.15) is 0 Å². The van der Waals surface area contributed by atoms with E-state index in [4.69, 9.17) is 0 Å². The zero-order valence-electron chi connectivity index (χ0n) is 9.92. The fraction of sp³-hybridized carbons (Fsp3) is 0. The molecule has 0 atom stereocenters. The van der Waals surface area contributed by atoms with Crippen LogP contribution in [0.25, 0.3) is 0 Å². The monoisotopic (exact) mass is 277 g/mol. The number of pyridine rings is 1. The molecule has 0 saturated carbocycles. The molecule has 0 aliphatic carbocycles. The molecular weight excluding hydrogens is 269 g/mol. The molecule has 0 bridgehead atoms. The van der Waals surface area contributed by atoms with E-state index in [1.54, 1.807) is 0 Å². The van der Waals surface area contributed by atoms with Gasteiger partial charge in [0.15, 0.2) is 11.5 Å². The van der Waals surface area contributed by atoms with Gasteiger partial charge in [-0.3, -0.25) is 19.7 Å². The maximum absolute atomic E-state index is 13.6. The van der Waals surface area contributed by atoms with Crippen LogP contribution in [0, 0.1) is 15.9 Å². The van der Waals surface area contributed by atoms with E-state index >= 15 is 0 Å². The van der Waals surface area contributed by atoms with E-state index in [0.717, 1.165) is 24.3 Å². The molecule has 2 N–H and O–H groups in total. The van der Waals surface area contributed by atoms with Crippen LogP contribution < -0.4 is 10.9 Å². The highest BCUT2D eigenvalue weighted by Crippen LogP contribution is 2.27. The molecule has 1 aromatic carbocycles. The summed E-state index contributed by atoms with van der Waals surface area (Å²) in [6.45, 7) is 0. The summed E-state index contributed by atoms with van der Waals surface area (Å²) in [7, 11) is 0. The lowest BCUT2D eigenvalue weighted by molar-refractivity contribution is -0.384. The second-order valence-electron chi connectivity index (χ2n) is 3.79. The molecule has 1 aromatic heterocycles. The summed E-state index contributed by atoms with van der Waals surface area (Å²) in [5.41, 5.74) is -1.65. The van der Waals surface area contributed by atoms with Crippen LogP contribution in [0.1, 0.15) is 10.4 Å². The van der Waals surface area contributed by atoms with Gasteiger partial charge in [0.2, 0.25) is 5.56 Å². The van der Waals surface area contributed by atoms with Crippen LogP contribution in [0.3, 0.4) is 0 Å². The Morgan fingerprint density at radius 3 is 2.75 bits per heavy atom. The van der Waals surface area contributed by atoms with Crippen molar-refractivity contribution in [2.75, 3.05) is 5.32 Å². The average Bonchev–Trinajstić information content (AvgIpc) is 2.40. The Hall–Kier alpha value is -3.03. The first kappa shape index (κ1) is 13.4. The molecule has 20 heavy (non-hydrogen) atoms. The number of nitro benzene ring substituents is 1. The minimum atomic E-state index is -0.933. The second kappa shape index (κ2) is 5.31. The molecule has 0 aliphatic heterocycles. The van der Waals surface area contributed by atoms with E-state index < -0.39 is 33.6 Å². The predicted molar refractivity (Wildman–Crippen MR) is 68.1 cm³/mol. The van der Waals surface area contributed by atoms with Gasteiger partial charge in [-0.15, -0.1) is 0 Å². The van der Waals surface area contributed by atoms with E-state index in [-0.39, 0.29) is 5.56 Å². The number of para-hydroxylation sites is 1. The molecule has 8 heteroatoms. The number of anilines is 1. The first-order valence-corrected chi connectivity index (χ1v) is 5.42. The van der Waals surface area contributed by atoms with Gasteiger partial charge in [-0.05, 0) is 12.1 Å². The minimum Gasteiger partial charge on any atom is -0.329 e. The van der Waals surface area contributed by atoms with Crippen molar-refractivity contribution in [1.29, 1.82) is 0 Å². The number of carbonyl (C=O) groups excluding carboxylic acids is 1. The number of amides is 1. The third-order valence-corrected chi connectivity index (χ3v) is 2.46. The fourth-order valence-corrected chi connectivity index (χ4v) is 1.56. The third-order valence-electron chi connectivity index (χ3n) is 2.46. The van der Waals surface area contributed by atoms with Crippen LogP contribution >= 0.6 is 0 Å². The van der Waals surface area contributed by atoms with E-state index in [0.29, 0.717) is 0 Å². The maximum Gasteiger partial charge on any atom is 0.295 e. The van der Waals surface area contributed by atoms with Crippen LogP contribution in [0.4, 0.5) is 15.8 Å². The van der Waals surface area contributed by atoms with Crippen LogP contribution in [0.15, 0.2) is 41.3 Å². The molecule has 1 amide bonds. The van der Waals surface area contributed by atoms with Crippen molar-refractivity contribution in [3.8, 4) is 0 Å². The summed E-state index contributed by atoms with van der Waals surface area (Å²) in [4.78, 5) is 35.2. The number of rotatable bonds is 3. The topological polar surface area (TPSA) is 105 Å².